The Labute approximate surface area is 94.8 Å². The van der Waals surface area contributed by atoms with Crippen LogP contribution in [0.25, 0.3) is 11.4 Å². The highest BCUT2D eigenvalue weighted by Crippen LogP contribution is 2.14. The first-order valence-corrected chi connectivity index (χ1v) is 5.38. The van der Waals surface area contributed by atoms with Gasteiger partial charge in [-0.3, -0.25) is 9.97 Å². The third-order valence-corrected chi connectivity index (χ3v) is 2.33. The van der Waals surface area contributed by atoms with E-state index < -0.39 is 0 Å². The van der Waals surface area contributed by atoms with Crippen molar-refractivity contribution in [1.29, 1.82) is 0 Å². The molecule has 0 atom stereocenters. The standard InChI is InChI=1S/C13H14N2O/c16-10-4-6-11-5-3-8-13(15-11)12-7-1-2-9-14-12/h1-3,5,7-9,16H,4,6,10H2. The van der Waals surface area contributed by atoms with Gasteiger partial charge in [-0.1, -0.05) is 12.1 Å². The van der Waals surface area contributed by atoms with Gasteiger partial charge in [-0.2, -0.15) is 0 Å². The minimum Gasteiger partial charge on any atom is -0.396 e. The number of aliphatic hydroxyl groups is 1. The Morgan fingerprint density at radius 3 is 2.62 bits per heavy atom. The van der Waals surface area contributed by atoms with Crippen LogP contribution in [0.1, 0.15) is 12.1 Å². The van der Waals surface area contributed by atoms with Crippen LogP contribution in [-0.2, 0) is 6.42 Å². The van der Waals surface area contributed by atoms with Crippen molar-refractivity contribution in [2.45, 2.75) is 12.8 Å². The molecule has 0 fully saturated rings. The van der Waals surface area contributed by atoms with Crippen LogP contribution >= 0.6 is 0 Å². The van der Waals surface area contributed by atoms with E-state index >= 15 is 0 Å². The van der Waals surface area contributed by atoms with Gasteiger partial charge < -0.3 is 5.11 Å². The molecule has 2 heterocycles. The molecular weight excluding hydrogens is 200 g/mol. The van der Waals surface area contributed by atoms with Crippen molar-refractivity contribution in [3.05, 3.63) is 48.3 Å². The second-order valence-electron chi connectivity index (χ2n) is 3.56. The SMILES string of the molecule is OCCCc1cccc(-c2ccccn2)n1. The fraction of sp³-hybridized carbons (Fsp3) is 0.231. The minimum absolute atomic E-state index is 0.204. The maximum atomic E-state index is 8.77. The predicted octanol–water partition coefficient (Wildman–Crippen LogP) is 2.07. The zero-order valence-corrected chi connectivity index (χ0v) is 9.00. The van der Waals surface area contributed by atoms with Crippen LogP contribution < -0.4 is 0 Å². The number of pyridine rings is 2. The highest BCUT2D eigenvalue weighted by atomic mass is 16.2. The molecule has 0 unspecified atom stereocenters. The summed E-state index contributed by atoms with van der Waals surface area (Å²) in [6.45, 7) is 0.204. The Kier molecular flexibility index (Phi) is 3.62. The molecule has 0 bridgehead atoms. The van der Waals surface area contributed by atoms with Gasteiger partial charge in [0.1, 0.15) is 0 Å². The van der Waals surface area contributed by atoms with Crippen molar-refractivity contribution in [3.63, 3.8) is 0 Å². The zero-order chi connectivity index (χ0) is 11.2. The van der Waals surface area contributed by atoms with E-state index in [2.05, 4.69) is 9.97 Å². The van der Waals surface area contributed by atoms with Gasteiger partial charge in [0.2, 0.25) is 0 Å². The quantitative estimate of drug-likeness (QED) is 0.847. The van der Waals surface area contributed by atoms with Crippen LogP contribution in [0.15, 0.2) is 42.6 Å². The Bertz CT molecular complexity index is 443. The molecule has 82 valence electrons. The summed E-state index contributed by atoms with van der Waals surface area (Å²) in [5.74, 6) is 0. The van der Waals surface area contributed by atoms with Crippen LogP contribution in [-0.4, -0.2) is 21.7 Å². The minimum atomic E-state index is 0.204. The number of aliphatic hydroxyl groups excluding tert-OH is 1. The first-order chi connectivity index (χ1) is 7.90. The third kappa shape index (κ3) is 2.64. The van der Waals surface area contributed by atoms with Gasteiger partial charge in [0.25, 0.3) is 0 Å². The lowest BCUT2D eigenvalue weighted by atomic mass is 10.2. The van der Waals surface area contributed by atoms with Gasteiger partial charge in [0.05, 0.1) is 11.4 Å². The van der Waals surface area contributed by atoms with Gasteiger partial charge in [0, 0.05) is 18.5 Å². The van der Waals surface area contributed by atoms with Crippen LogP contribution in [0.4, 0.5) is 0 Å². The molecule has 0 spiro atoms. The largest absolute Gasteiger partial charge is 0.396 e. The van der Waals surface area contributed by atoms with Crippen molar-refractivity contribution in [2.75, 3.05) is 6.61 Å². The highest BCUT2D eigenvalue weighted by Gasteiger charge is 2.01. The Balaban J connectivity index is 2.22. The molecule has 1 N–H and O–H groups in total. The number of hydrogen-bond donors (Lipinski definition) is 1. The van der Waals surface area contributed by atoms with E-state index in [-0.39, 0.29) is 6.61 Å². The van der Waals surface area contributed by atoms with E-state index in [9.17, 15) is 0 Å². The molecule has 0 aliphatic heterocycles. The van der Waals surface area contributed by atoms with E-state index in [0.29, 0.717) is 0 Å². The number of rotatable bonds is 4. The predicted molar refractivity (Wildman–Crippen MR) is 62.9 cm³/mol. The Morgan fingerprint density at radius 2 is 1.88 bits per heavy atom. The molecule has 0 saturated heterocycles. The van der Waals surface area contributed by atoms with Crippen molar-refractivity contribution in [2.24, 2.45) is 0 Å². The molecule has 0 saturated carbocycles. The average Bonchev–Trinajstić information content (AvgIpc) is 2.38. The van der Waals surface area contributed by atoms with Crippen LogP contribution in [0.2, 0.25) is 0 Å². The molecule has 16 heavy (non-hydrogen) atoms. The summed E-state index contributed by atoms with van der Waals surface area (Å²) in [4.78, 5) is 8.77. The molecule has 2 aromatic rings. The number of aromatic nitrogens is 2. The van der Waals surface area contributed by atoms with Gasteiger partial charge in [-0.25, -0.2) is 0 Å². The molecule has 0 aliphatic rings. The van der Waals surface area contributed by atoms with Crippen molar-refractivity contribution in [1.82, 2.24) is 9.97 Å². The maximum absolute atomic E-state index is 8.77. The first-order valence-electron chi connectivity index (χ1n) is 5.38. The summed E-state index contributed by atoms with van der Waals surface area (Å²) in [6.07, 6.45) is 3.31. The van der Waals surface area contributed by atoms with Crippen LogP contribution in [0.3, 0.4) is 0 Å². The van der Waals surface area contributed by atoms with Gasteiger partial charge >= 0.3 is 0 Å². The number of aryl methyl sites for hydroxylation is 1. The Morgan fingerprint density at radius 1 is 1.00 bits per heavy atom. The lowest BCUT2D eigenvalue weighted by Gasteiger charge is -2.03. The summed E-state index contributed by atoms with van der Waals surface area (Å²) in [7, 11) is 0. The summed E-state index contributed by atoms with van der Waals surface area (Å²) < 4.78 is 0. The smallest absolute Gasteiger partial charge is 0.0889 e. The summed E-state index contributed by atoms with van der Waals surface area (Å²) in [5, 5.41) is 8.77. The number of nitrogens with zero attached hydrogens (tertiary/aromatic N) is 2. The molecule has 3 nitrogen and oxygen atoms in total. The fourth-order valence-corrected chi connectivity index (χ4v) is 1.54. The van der Waals surface area contributed by atoms with E-state index in [4.69, 9.17) is 5.11 Å². The third-order valence-electron chi connectivity index (χ3n) is 2.33. The normalized spacial score (nSPS) is 10.3. The fourth-order valence-electron chi connectivity index (χ4n) is 1.54. The lowest BCUT2D eigenvalue weighted by molar-refractivity contribution is 0.288. The molecule has 0 aliphatic carbocycles. The Hall–Kier alpha value is -1.74. The van der Waals surface area contributed by atoms with E-state index in [1.165, 1.54) is 0 Å². The van der Waals surface area contributed by atoms with Gasteiger partial charge in [-0.05, 0) is 37.1 Å². The average molecular weight is 214 g/mol. The molecule has 0 amide bonds. The molecule has 2 aromatic heterocycles. The molecule has 2 rings (SSSR count). The molecule has 0 aromatic carbocycles. The van der Waals surface area contributed by atoms with Crippen LogP contribution in [0.5, 0.6) is 0 Å². The van der Waals surface area contributed by atoms with E-state index in [1.54, 1.807) is 6.20 Å². The summed E-state index contributed by atoms with van der Waals surface area (Å²) in [6, 6.07) is 11.7. The van der Waals surface area contributed by atoms with E-state index in [1.807, 2.05) is 36.4 Å². The van der Waals surface area contributed by atoms with Gasteiger partial charge in [-0.15, -0.1) is 0 Å². The molecular formula is C13H14N2O. The second-order valence-corrected chi connectivity index (χ2v) is 3.56. The van der Waals surface area contributed by atoms with E-state index in [0.717, 1.165) is 29.9 Å². The number of hydrogen-bond acceptors (Lipinski definition) is 3. The highest BCUT2D eigenvalue weighted by molar-refractivity contribution is 5.53. The summed E-state index contributed by atoms with van der Waals surface area (Å²) in [5.41, 5.74) is 2.77. The summed E-state index contributed by atoms with van der Waals surface area (Å²) >= 11 is 0. The van der Waals surface area contributed by atoms with Crippen molar-refractivity contribution < 1.29 is 5.11 Å². The van der Waals surface area contributed by atoms with Crippen molar-refractivity contribution in [3.8, 4) is 11.4 Å². The van der Waals surface area contributed by atoms with Gasteiger partial charge in [0.15, 0.2) is 0 Å². The second kappa shape index (κ2) is 5.37. The van der Waals surface area contributed by atoms with Crippen molar-refractivity contribution >= 4 is 0 Å². The van der Waals surface area contributed by atoms with Crippen LogP contribution in [0, 0.1) is 0 Å². The lowest BCUT2D eigenvalue weighted by Crippen LogP contribution is -1.95. The first kappa shape index (κ1) is 10.8. The topological polar surface area (TPSA) is 46.0 Å². The monoisotopic (exact) mass is 214 g/mol. The molecule has 3 heteroatoms. The zero-order valence-electron chi connectivity index (χ0n) is 9.00. The maximum Gasteiger partial charge on any atom is 0.0889 e. The molecule has 0 radical (unpaired) electrons.